The van der Waals surface area contributed by atoms with Crippen molar-refractivity contribution in [3.63, 3.8) is 0 Å². The quantitative estimate of drug-likeness (QED) is 0.558. The van der Waals surface area contributed by atoms with Crippen LogP contribution in [0, 0.1) is 0 Å². The van der Waals surface area contributed by atoms with E-state index in [2.05, 4.69) is 9.73 Å². The minimum Gasteiger partial charge on any atom is -0.426 e. The van der Waals surface area contributed by atoms with Crippen molar-refractivity contribution < 1.29 is 37.3 Å². The highest BCUT2D eigenvalue weighted by atomic mass is 35.5. The first-order valence-corrected chi connectivity index (χ1v) is 12.2. The van der Waals surface area contributed by atoms with Gasteiger partial charge in [-0.05, 0) is 49.1 Å². The predicted molar refractivity (Wildman–Crippen MR) is 129 cm³/mol. The zero-order chi connectivity index (χ0) is 27.2. The Morgan fingerprint density at radius 2 is 1.82 bits per heavy atom. The van der Waals surface area contributed by atoms with Crippen LogP contribution in [0.3, 0.4) is 0 Å². The predicted octanol–water partition coefficient (Wildman–Crippen LogP) is 3.99. The number of nitrogens with zero attached hydrogens (tertiary/aromatic N) is 4. The lowest BCUT2D eigenvalue weighted by atomic mass is 10.1. The van der Waals surface area contributed by atoms with Gasteiger partial charge >= 0.3 is 12.4 Å². The van der Waals surface area contributed by atoms with E-state index in [1.54, 1.807) is 29.2 Å². The molecule has 2 heterocycles. The standard InChI is InChI=1S/C25H24ClF3N4O5/c1-31-20-19(21(34)32(23(31)35)12-11-24(36)9-10-24)33(14-15-5-7-16(26)8-6-15)22(30-20)37-17-3-2-4-18(13-17)38-25(27,28)29/h2-8,13,19-20,36H,9-12,14H2,1H3. The van der Waals surface area contributed by atoms with Gasteiger partial charge in [-0.1, -0.05) is 29.8 Å². The Morgan fingerprint density at radius 1 is 1.13 bits per heavy atom. The molecule has 1 N–H and O–H groups in total. The van der Waals surface area contributed by atoms with Gasteiger partial charge in [-0.2, -0.15) is 0 Å². The number of urea groups is 1. The van der Waals surface area contributed by atoms with Crippen LogP contribution in [0.2, 0.25) is 5.02 Å². The summed E-state index contributed by atoms with van der Waals surface area (Å²) in [5.41, 5.74) is -0.102. The number of likely N-dealkylation sites (N-methyl/N-ethyl adjacent to an activating group) is 1. The van der Waals surface area contributed by atoms with E-state index < -0.39 is 41.9 Å². The van der Waals surface area contributed by atoms with Crippen molar-refractivity contribution in [2.24, 2.45) is 4.99 Å². The number of amidine groups is 1. The van der Waals surface area contributed by atoms with Gasteiger partial charge in [0.2, 0.25) is 0 Å². The first kappa shape index (κ1) is 26.1. The number of amides is 3. The summed E-state index contributed by atoms with van der Waals surface area (Å²) < 4.78 is 48.0. The van der Waals surface area contributed by atoms with Crippen molar-refractivity contribution in [3.05, 3.63) is 59.1 Å². The van der Waals surface area contributed by atoms with Gasteiger partial charge in [0.15, 0.2) is 12.2 Å². The van der Waals surface area contributed by atoms with Crippen LogP contribution in [0.15, 0.2) is 53.5 Å². The summed E-state index contributed by atoms with van der Waals surface area (Å²) in [6.07, 6.45) is -4.31. The molecule has 1 saturated carbocycles. The maximum absolute atomic E-state index is 13.6. The molecule has 0 spiro atoms. The molecule has 2 aromatic rings. The zero-order valence-electron chi connectivity index (χ0n) is 20.2. The highest BCUT2D eigenvalue weighted by molar-refractivity contribution is 6.30. The number of halogens is 4. The smallest absolute Gasteiger partial charge is 0.426 e. The van der Waals surface area contributed by atoms with Crippen molar-refractivity contribution in [2.75, 3.05) is 13.6 Å². The highest BCUT2D eigenvalue weighted by Crippen LogP contribution is 2.39. The molecule has 38 heavy (non-hydrogen) atoms. The van der Waals surface area contributed by atoms with Gasteiger partial charge in [0.1, 0.15) is 11.5 Å². The summed E-state index contributed by atoms with van der Waals surface area (Å²) in [7, 11) is 1.51. The fourth-order valence-corrected chi connectivity index (χ4v) is 4.58. The molecule has 9 nitrogen and oxygen atoms in total. The number of carbonyl (C=O) groups is 2. The molecule has 2 aliphatic heterocycles. The molecule has 0 aromatic heterocycles. The Morgan fingerprint density at radius 3 is 2.47 bits per heavy atom. The summed E-state index contributed by atoms with van der Waals surface area (Å²) in [5.74, 6) is -0.991. The number of aliphatic hydroxyl groups is 1. The van der Waals surface area contributed by atoms with Crippen molar-refractivity contribution in [3.8, 4) is 11.5 Å². The van der Waals surface area contributed by atoms with E-state index in [4.69, 9.17) is 16.3 Å². The van der Waals surface area contributed by atoms with Crippen LogP contribution in [0.4, 0.5) is 18.0 Å². The monoisotopic (exact) mass is 552 g/mol. The van der Waals surface area contributed by atoms with Crippen LogP contribution in [0.25, 0.3) is 0 Å². The number of carbonyl (C=O) groups excluding carboxylic acids is 2. The first-order chi connectivity index (χ1) is 17.9. The zero-order valence-corrected chi connectivity index (χ0v) is 20.9. The Bertz CT molecular complexity index is 1270. The van der Waals surface area contributed by atoms with Crippen LogP contribution in [0.1, 0.15) is 24.8 Å². The van der Waals surface area contributed by atoms with Crippen molar-refractivity contribution >= 4 is 29.6 Å². The number of hydrogen-bond donors (Lipinski definition) is 1. The van der Waals surface area contributed by atoms with E-state index in [1.165, 1.54) is 24.1 Å². The highest BCUT2D eigenvalue weighted by Gasteiger charge is 2.53. The van der Waals surface area contributed by atoms with Crippen molar-refractivity contribution in [1.29, 1.82) is 0 Å². The van der Waals surface area contributed by atoms with Crippen molar-refractivity contribution in [2.45, 2.75) is 50.0 Å². The van der Waals surface area contributed by atoms with Crippen LogP contribution < -0.4 is 9.47 Å². The number of imide groups is 1. The van der Waals surface area contributed by atoms with Gasteiger partial charge < -0.3 is 24.4 Å². The number of fused-ring (bicyclic) bond motifs is 1. The minimum absolute atomic E-state index is 0.000469. The van der Waals surface area contributed by atoms with E-state index in [0.717, 1.165) is 22.6 Å². The van der Waals surface area contributed by atoms with Gasteiger partial charge in [-0.15, -0.1) is 13.2 Å². The van der Waals surface area contributed by atoms with Crippen LogP contribution in [-0.4, -0.2) is 75.5 Å². The van der Waals surface area contributed by atoms with Crippen LogP contribution in [0.5, 0.6) is 11.5 Å². The molecule has 1 aliphatic carbocycles. The minimum atomic E-state index is -4.88. The molecule has 2 fully saturated rings. The van der Waals surface area contributed by atoms with Gasteiger partial charge in [0, 0.05) is 31.2 Å². The Labute approximate surface area is 221 Å². The van der Waals surface area contributed by atoms with E-state index >= 15 is 0 Å². The second-order valence-electron chi connectivity index (χ2n) is 9.51. The number of ether oxygens (including phenoxy) is 2. The van der Waals surface area contributed by atoms with Gasteiger partial charge in [0.25, 0.3) is 11.9 Å². The van der Waals surface area contributed by atoms with E-state index in [0.29, 0.717) is 17.9 Å². The van der Waals surface area contributed by atoms with Gasteiger partial charge in [-0.3, -0.25) is 9.69 Å². The fraction of sp³-hybridized carbons (Fsp3) is 0.400. The lowest BCUT2D eigenvalue weighted by Gasteiger charge is -2.41. The summed E-state index contributed by atoms with van der Waals surface area (Å²) >= 11 is 6.01. The summed E-state index contributed by atoms with van der Waals surface area (Å²) in [6, 6.07) is 10.3. The second-order valence-corrected chi connectivity index (χ2v) is 9.94. The van der Waals surface area contributed by atoms with Gasteiger partial charge in [0.05, 0.1) is 5.60 Å². The molecule has 5 rings (SSSR count). The maximum atomic E-state index is 13.6. The topological polar surface area (TPSA) is 94.9 Å². The molecule has 0 radical (unpaired) electrons. The lowest BCUT2D eigenvalue weighted by molar-refractivity contribution is -0.274. The van der Waals surface area contributed by atoms with Crippen LogP contribution in [-0.2, 0) is 11.3 Å². The molecule has 3 aliphatic rings. The molecule has 2 atom stereocenters. The Kier molecular flexibility index (Phi) is 6.64. The van der Waals surface area contributed by atoms with E-state index in [-0.39, 0.29) is 31.3 Å². The third-order valence-electron chi connectivity index (χ3n) is 6.70. The summed E-state index contributed by atoms with van der Waals surface area (Å²) in [6.45, 7) is 0.186. The molecular weight excluding hydrogens is 529 g/mol. The Hall–Kier alpha value is -3.51. The van der Waals surface area contributed by atoms with E-state index in [9.17, 15) is 27.9 Å². The molecule has 1 saturated heterocycles. The average molecular weight is 553 g/mol. The average Bonchev–Trinajstić information content (AvgIpc) is 3.48. The summed E-state index contributed by atoms with van der Waals surface area (Å²) in [4.78, 5) is 35.1. The fourth-order valence-electron chi connectivity index (χ4n) is 4.45. The molecule has 3 amide bonds. The van der Waals surface area contributed by atoms with E-state index in [1.807, 2.05) is 0 Å². The number of hydrogen-bond acceptors (Lipinski definition) is 7. The Balaban J connectivity index is 1.44. The van der Waals surface area contributed by atoms with Crippen molar-refractivity contribution in [1.82, 2.24) is 14.7 Å². The first-order valence-electron chi connectivity index (χ1n) is 11.9. The second kappa shape index (κ2) is 9.66. The SMILES string of the molecule is CN1C(=O)N(CCC2(O)CC2)C(=O)C2C1N=C(Oc1cccc(OC(F)(F)F)c1)N2Cc1ccc(Cl)cc1. The molecule has 202 valence electrons. The van der Waals surface area contributed by atoms with Gasteiger partial charge in [-0.25, -0.2) is 9.79 Å². The lowest BCUT2D eigenvalue weighted by Crippen LogP contribution is -2.65. The molecule has 13 heteroatoms. The third-order valence-corrected chi connectivity index (χ3v) is 6.95. The van der Waals surface area contributed by atoms with Crippen LogP contribution >= 0.6 is 11.6 Å². The number of rotatable bonds is 7. The number of aliphatic imine (C=N–C) groups is 1. The summed E-state index contributed by atoms with van der Waals surface area (Å²) in [5, 5.41) is 10.8. The maximum Gasteiger partial charge on any atom is 0.573 e. The molecule has 2 unspecified atom stereocenters. The third kappa shape index (κ3) is 5.51. The molecule has 2 aromatic carbocycles. The number of alkyl halides is 3. The molecule has 0 bridgehead atoms. The number of benzene rings is 2. The normalized spacial score (nSPS) is 22.4. The molecular formula is C25H24ClF3N4O5. The largest absolute Gasteiger partial charge is 0.573 e.